The Labute approximate surface area is 176 Å². The Balaban J connectivity index is 1.77. The van der Waals surface area contributed by atoms with Gasteiger partial charge in [0.05, 0.1) is 13.7 Å². The van der Waals surface area contributed by atoms with Crippen LogP contribution in [0.1, 0.15) is 37.0 Å². The van der Waals surface area contributed by atoms with Gasteiger partial charge < -0.3 is 18.6 Å². The van der Waals surface area contributed by atoms with E-state index < -0.39 is 0 Å². The van der Waals surface area contributed by atoms with Crippen LogP contribution < -0.4 is 9.47 Å². The Morgan fingerprint density at radius 2 is 1.93 bits per heavy atom. The maximum atomic E-state index is 11.5. The fraction of sp³-hybridized carbons (Fsp3) is 0.250. The molecule has 0 fully saturated rings. The van der Waals surface area contributed by atoms with Gasteiger partial charge in [0.2, 0.25) is 5.89 Å². The van der Waals surface area contributed by atoms with E-state index in [1.54, 1.807) is 32.2 Å². The third-order valence-corrected chi connectivity index (χ3v) is 4.43. The van der Waals surface area contributed by atoms with Gasteiger partial charge in [-0.2, -0.15) is 0 Å². The van der Waals surface area contributed by atoms with E-state index in [1.807, 2.05) is 50.2 Å². The van der Waals surface area contributed by atoms with E-state index in [1.165, 1.54) is 6.08 Å². The van der Waals surface area contributed by atoms with E-state index in [2.05, 4.69) is 4.98 Å². The number of methoxy groups -OCH3 is 1. The molecule has 1 unspecified atom stereocenters. The van der Waals surface area contributed by atoms with Gasteiger partial charge in [-0.05, 0) is 56.7 Å². The van der Waals surface area contributed by atoms with Gasteiger partial charge >= 0.3 is 5.97 Å². The van der Waals surface area contributed by atoms with Crippen LogP contribution in [0.3, 0.4) is 0 Å². The Morgan fingerprint density at radius 1 is 1.17 bits per heavy atom. The lowest BCUT2D eigenvalue weighted by Gasteiger charge is -2.16. The molecule has 0 radical (unpaired) electrons. The topological polar surface area (TPSA) is 70.8 Å². The summed E-state index contributed by atoms with van der Waals surface area (Å²) in [4.78, 5) is 16.1. The van der Waals surface area contributed by atoms with Crippen molar-refractivity contribution >= 4 is 12.0 Å². The fourth-order valence-electron chi connectivity index (χ4n) is 2.98. The highest BCUT2D eigenvalue weighted by Crippen LogP contribution is 2.34. The van der Waals surface area contributed by atoms with Crippen molar-refractivity contribution in [3.8, 4) is 23.0 Å². The highest BCUT2D eigenvalue weighted by atomic mass is 16.5. The highest BCUT2D eigenvalue weighted by molar-refractivity contribution is 5.87. The van der Waals surface area contributed by atoms with Crippen molar-refractivity contribution in [1.29, 1.82) is 0 Å². The first kappa shape index (κ1) is 21.2. The summed E-state index contributed by atoms with van der Waals surface area (Å²) in [5.41, 5.74) is 2.43. The third kappa shape index (κ3) is 5.08. The largest absolute Gasteiger partial charge is 0.493 e. The molecule has 3 rings (SSSR count). The summed E-state index contributed by atoms with van der Waals surface area (Å²) in [5, 5.41) is 0. The van der Waals surface area contributed by atoms with Crippen LogP contribution in [0.5, 0.6) is 11.5 Å². The number of carbonyl (C=O) groups excluding carboxylic acids is 1. The van der Waals surface area contributed by atoms with Crippen LogP contribution in [-0.4, -0.2) is 24.7 Å². The van der Waals surface area contributed by atoms with Crippen molar-refractivity contribution < 1.29 is 23.4 Å². The first-order valence-corrected chi connectivity index (χ1v) is 9.74. The van der Waals surface area contributed by atoms with Crippen LogP contribution in [0.25, 0.3) is 17.5 Å². The second-order valence-corrected chi connectivity index (χ2v) is 6.58. The predicted molar refractivity (Wildman–Crippen MR) is 114 cm³/mol. The molecule has 2 aromatic carbocycles. The first-order chi connectivity index (χ1) is 14.5. The molecule has 0 spiro atoms. The van der Waals surface area contributed by atoms with E-state index >= 15 is 0 Å². The highest BCUT2D eigenvalue weighted by Gasteiger charge is 2.20. The molecule has 1 atom stereocenters. The molecule has 3 aromatic rings. The number of carbonyl (C=O) groups is 1. The molecular formula is C24H25NO5. The first-order valence-electron chi connectivity index (χ1n) is 9.74. The average molecular weight is 407 g/mol. The monoisotopic (exact) mass is 407 g/mol. The summed E-state index contributed by atoms with van der Waals surface area (Å²) < 4.78 is 22.3. The number of ether oxygens (including phenoxy) is 3. The lowest BCUT2D eigenvalue weighted by atomic mass is 10.2. The van der Waals surface area contributed by atoms with Crippen LogP contribution in [0.4, 0.5) is 0 Å². The number of hydrogen-bond donors (Lipinski definition) is 0. The molecule has 6 heteroatoms. The molecule has 0 saturated heterocycles. The maximum absolute atomic E-state index is 11.5. The van der Waals surface area contributed by atoms with Crippen molar-refractivity contribution in [2.24, 2.45) is 0 Å². The van der Waals surface area contributed by atoms with Gasteiger partial charge in [-0.3, -0.25) is 0 Å². The van der Waals surface area contributed by atoms with Gasteiger partial charge in [-0.15, -0.1) is 0 Å². The smallest absolute Gasteiger partial charge is 0.330 e. The Bertz CT molecular complexity index is 1020. The lowest BCUT2D eigenvalue weighted by molar-refractivity contribution is -0.137. The fourth-order valence-corrected chi connectivity index (χ4v) is 2.98. The Kier molecular flexibility index (Phi) is 6.91. The van der Waals surface area contributed by atoms with Crippen molar-refractivity contribution in [1.82, 2.24) is 4.98 Å². The van der Waals surface area contributed by atoms with Crippen LogP contribution in [0.15, 0.2) is 59.0 Å². The van der Waals surface area contributed by atoms with Gasteiger partial charge in [0.15, 0.2) is 11.5 Å². The lowest BCUT2D eigenvalue weighted by Crippen LogP contribution is -2.06. The Morgan fingerprint density at radius 3 is 2.63 bits per heavy atom. The minimum Gasteiger partial charge on any atom is -0.493 e. The number of nitrogens with zero attached hydrogens (tertiary/aromatic N) is 1. The summed E-state index contributed by atoms with van der Waals surface area (Å²) >= 11 is 0. The number of rotatable bonds is 8. The van der Waals surface area contributed by atoms with Gasteiger partial charge in [-0.1, -0.05) is 24.3 Å². The molecule has 0 N–H and O–H groups in total. The molecule has 1 aromatic heterocycles. The van der Waals surface area contributed by atoms with Crippen LogP contribution in [0, 0.1) is 6.92 Å². The summed E-state index contributed by atoms with van der Waals surface area (Å²) in [6, 6.07) is 15.2. The van der Waals surface area contributed by atoms with Gasteiger partial charge in [0, 0.05) is 11.6 Å². The number of hydrogen-bond acceptors (Lipinski definition) is 6. The standard InChI is InChI=1S/C24H25NO5/c1-5-28-22(26)14-12-18-11-13-20(21(15-18)27-4)29-16(2)23-17(3)30-24(25-23)19-9-7-6-8-10-19/h6-16H,5H2,1-4H3. The second-order valence-electron chi connectivity index (χ2n) is 6.58. The molecule has 0 bridgehead atoms. The Hall–Kier alpha value is -3.54. The zero-order valence-electron chi connectivity index (χ0n) is 17.5. The summed E-state index contributed by atoms with van der Waals surface area (Å²) in [5.74, 6) is 2.00. The average Bonchev–Trinajstić information content (AvgIpc) is 3.15. The van der Waals surface area contributed by atoms with Crippen molar-refractivity contribution in [2.75, 3.05) is 13.7 Å². The number of esters is 1. The zero-order chi connectivity index (χ0) is 21.5. The molecular weight excluding hydrogens is 382 g/mol. The predicted octanol–water partition coefficient (Wildman–Crippen LogP) is 5.37. The van der Waals surface area contributed by atoms with E-state index in [4.69, 9.17) is 18.6 Å². The molecule has 0 amide bonds. The van der Waals surface area contributed by atoms with E-state index in [-0.39, 0.29) is 12.1 Å². The van der Waals surface area contributed by atoms with Crippen LogP contribution in [-0.2, 0) is 9.53 Å². The summed E-state index contributed by atoms with van der Waals surface area (Å²) in [6.45, 7) is 5.88. The zero-order valence-corrected chi connectivity index (χ0v) is 17.5. The van der Waals surface area contributed by atoms with Crippen LogP contribution in [0.2, 0.25) is 0 Å². The quantitative estimate of drug-likeness (QED) is 0.369. The van der Waals surface area contributed by atoms with Crippen molar-refractivity contribution in [2.45, 2.75) is 26.9 Å². The molecule has 0 aliphatic rings. The molecule has 30 heavy (non-hydrogen) atoms. The van der Waals surface area contributed by atoms with Gasteiger partial charge in [0.25, 0.3) is 0 Å². The second kappa shape index (κ2) is 9.78. The molecule has 1 heterocycles. The normalized spacial score (nSPS) is 12.0. The number of aryl methyl sites for hydroxylation is 1. The van der Waals surface area contributed by atoms with E-state index in [9.17, 15) is 4.79 Å². The van der Waals surface area contributed by atoms with Gasteiger partial charge in [-0.25, -0.2) is 9.78 Å². The molecule has 156 valence electrons. The minimum absolute atomic E-state index is 0.338. The third-order valence-electron chi connectivity index (χ3n) is 4.43. The maximum Gasteiger partial charge on any atom is 0.330 e. The molecule has 0 aliphatic heterocycles. The van der Waals surface area contributed by atoms with E-state index in [0.717, 1.165) is 16.8 Å². The minimum atomic E-state index is -0.388. The van der Waals surface area contributed by atoms with E-state index in [0.29, 0.717) is 29.8 Å². The van der Waals surface area contributed by atoms with Crippen LogP contribution >= 0.6 is 0 Å². The molecule has 0 saturated carbocycles. The summed E-state index contributed by atoms with van der Waals surface area (Å²) in [7, 11) is 1.57. The summed E-state index contributed by atoms with van der Waals surface area (Å²) in [6.07, 6.45) is 2.70. The SMILES string of the molecule is CCOC(=O)C=Cc1ccc(OC(C)c2nc(-c3ccccc3)oc2C)c(OC)c1. The van der Waals surface area contributed by atoms with Gasteiger partial charge in [0.1, 0.15) is 17.6 Å². The van der Waals surface area contributed by atoms with Crippen molar-refractivity contribution in [3.63, 3.8) is 0 Å². The van der Waals surface area contributed by atoms with Crippen molar-refractivity contribution in [3.05, 3.63) is 71.6 Å². The molecule has 6 nitrogen and oxygen atoms in total. The molecule has 0 aliphatic carbocycles. The number of benzene rings is 2. The number of aromatic nitrogens is 1. The number of oxazole rings is 1.